The van der Waals surface area contributed by atoms with E-state index in [4.69, 9.17) is 9.47 Å². The van der Waals surface area contributed by atoms with Gasteiger partial charge >= 0.3 is 6.03 Å². The number of quaternary nitrogens is 2. The van der Waals surface area contributed by atoms with Crippen LogP contribution in [0.25, 0.3) is 0 Å². The van der Waals surface area contributed by atoms with Crippen molar-refractivity contribution in [3.63, 3.8) is 0 Å². The molecule has 0 aliphatic carbocycles. The Morgan fingerprint density at radius 3 is 1.54 bits per heavy atom. The van der Waals surface area contributed by atoms with Crippen molar-refractivity contribution in [3.05, 3.63) is 58.1 Å². The van der Waals surface area contributed by atoms with Crippen molar-refractivity contribution < 1.29 is 27.6 Å². The molecule has 1 spiro atoms. The third-order valence-electron chi connectivity index (χ3n) is 15.0. The molecule has 6 nitrogen and oxygen atoms in total. The number of ether oxygens (including phenoxy) is 2. The van der Waals surface area contributed by atoms with E-state index in [9.17, 15) is 0 Å². The van der Waals surface area contributed by atoms with Crippen molar-refractivity contribution in [2.24, 2.45) is 0 Å². The molecule has 3 aliphatic heterocycles. The molecule has 3 heterocycles. The maximum absolute atomic E-state index is 7.38. The summed E-state index contributed by atoms with van der Waals surface area (Å²) in [5.41, 5.74) is 5.58. The molecule has 0 saturated carbocycles. The minimum absolute atomic E-state index is 0.0158. The molecular formula is C48H80N4O2+4. The molecular weight excluding hydrogens is 665 g/mol. The predicted octanol–water partition coefficient (Wildman–Crippen LogP) is 10.2. The lowest BCUT2D eigenvalue weighted by molar-refractivity contribution is -0.923. The van der Waals surface area contributed by atoms with Crippen molar-refractivity contribution in [2.45, 2.75) is 170 Å². The summed E-state index contributed by atoms with van der Waals surface area (Å²) in [6, 6.07) is 10.7. The van der Waals surface area contributed by atoms with Crippen LogP contribution in [0.4, 0.5) is 0 Å². The Bertz CT molecular complexity index is 1690. The van der Waals surface area contributed by atoms with Gasteiger partial charge in [-0.05, 0) is 113 Å². The fraction of sp³-hybridized carbons (Fsp3) is 0.708. The van der Waals surface area contributed by atoms with Gasteiger partial charge in [-0.2, -0.15) is 0 Å². The molecule has 0 radical (unpaired) electrons. The Labute approximate surface area is 331 Å². The van der Waals surface area contributed by atoms with E-state index in [1.807, 2.05) is 0 Å². The summed E-state index contributed by atoms with van der Waals surface area (Å²) in [6.07, 6.45) is 9.66. The van der Waals surface area contributed by atoms with E-state index in [0.717, 1.165) is 22.6 Å². The van der Waals surface area contributed by atoms with Gasteiger partial charge in [0.1, 0.15) is 0 Å². The molecule has 2 aromatic rings. The van der Waals surface area contributed by atoms with Gasteiger partial charge in [0.2, 0.25) is 11.1 Å². The highest BCUT2D eigenvalue weighted by Gasteiger charge is 2.83. The molecule has 0 N–H and O–H groups in total. The Morgan fingerprint density at radius 1 is 0.611 bits per heavy atom. The van der Waals surface area contributed by atoms with Crippen molar-refractivity contribution in [3.8, 4) is 11.5 Å². The fourth-order valence-corrected chi connectivity index (χ4v) is 9.65. The molecule has 54 heavy (non-hydrogen) atoms. The van der Waals surface area contributed by atoms with E-state index in [1.54, 1.807) is 0 Å². The van der Waals surface area contributed by atoms with Crippen LogP contribution >= 0.6 is 0 Å². The van der Waals surface area contributed by atoms with E-state index in [2.05, 4.69) is 163 Å². The molecule has 1 fully saturated rings. The molecule has 2 aromatic carbocycles. The highest BCUT2D eigenvalue weighted by Crippen LogP contribution is 2.51. The second kappa shape index (κ2) is 15.0. The molecule has 3 aliphatic rings. The maximum atomic E-state index is 7.38. The van der Waals surface area contributed by atoms with E-state index < -0.39 is 6.03 Å². The minimum atomic E-state index is -1.12. The van der Waals surface area contributed by atoms with Gasteiger partial charge in [0, 0.05) is 33.3 Å². The van der Waals surface area contributed by atoms with Crippen LogP contribution in [-0.2, 0) is 10.8 Å². The SMILES string of the molecule is CC[N+](CC)(CC)CCCC(CCC[N+](CC)(CC)CC)c1ccc2c(c1)C=[N+]1C3(O2)Oc2c(cc(C(C)(C)C)cc2C(C)(C)C)C=[N+]3C(C)(C)C1(C)C. The third kappa shape index (κ3) is 7.33. The summed E-state index contributed by atoms with van der Waals surface area (Å²) in [4.78, 5) is 0. The molecule has 0 amide bonds. The van der Waals surface area contributed by atoms with Crippen LogP contribution in [0.3, 0.4) is 0 Å². The van der Waals surface area contributed by atoms with E-state index in [-0.39, 0.29) is 21.9 Å². The van der Waals surface area contributed by atoms with Gasteiger partial charge in [-0.3, -0.25) is 0 Å². The Morgan fingerprint density at radius 2 is 1.09 bits per heavy atom. The highest BCUT2D eigenvalue weighted by molar-refractivity contribution is 5.84. The summed E-state index contributed by atoms with van der Waals surface area (Å²) in [5.74, 6) is 2.35. The van der Waals surface area contributed by atoms with Crippen molar-refractivity contribution >= 4 is 12.4 Å². The van der Waals surface area contributed by atoms with Crippen LogP contribution in [0.15, 0.2) is 30.3 Å². The van der Waals surface area contributed by atoms with Gasteiger partial charge in [0.05, 0.1) is 63.5 Å². The molecule has 6 heteroatoms. The number of rotatable bonds is 15. The van der Waals surface area contributed by atoms with Crippen LogP contribution in [0.2, 0.25) is 0 Å². The first-order chi connectivity index (χ1) is 25.1. The zero-order valence-electron chi connectivity index (χ0n) is 37.7. The first-order valence-electron chi connectivity index (χ1n) is 21.8. The average molecular weight is 745 g/mol. The summed E-state index contributed by atoms with van der Waals surface area (Å²) in [7, 11) is 0. The van der Waals surface area contributed by atoms with Crippen LogP contribution in [-0.4, -0.2) is 100 Å². The second-order valence-electron chi connectivity index (χ2n) is 20.1. The summed E-state index contributed by atoms with van der Waals surface area (Å²) in [5, 5.41) is 0. The van der Waals surface area contributed by atoms with Gasteiger partial charge in [-0.1, -0.05) is 62.8 Å². The standard InChI is InChI=1S/C48H80N4O2/c1-17-51(18-2,19-3)29-23-25-36(26-24-30-52(20-4,21-5)22-6)37-27-28-42-38(31-37)34-49-46(13,14)47(15,16)50-35-39-32-40(44(7,8)9)33-41(45(10,11)12)43(39)54-48(49,50)53-42/h27-28,31-36H,17-26,29-30H2,1-16H3/q+4. The summed E-state index contributed by atoms with van der Waals surface area (Å²) >= 11 is 0. The van der Waals surface area contributed by atoms with Gasteiger partial charge in [0.15, 0.2) is 23.9 Å². The quantitative estimate of drug-likeness (QED) is 0.134. The monoisotopic (exact) mass is 745 g/mol. The largest absolute Gasteiger partial charge is 0.705 e. The zero-order valence-corrected chi connectivity index (χ0v) is 37.7. The Hall–Kier alpha value is -2.70. The van der Waals surface area contributed by atoms with Crippen LogP contribution in [0.1, 0.15) is 170 Å². The number of fused-ring (bicyclic) bond motifs is 2. The van der Waals surface area contributed by atoms with Crippen LogP contribution < -0.4 is 9.47 Å². The molecule has 1 unspecified atom stereocenters. The predicted molar refractivity (Wildman–Crippen MR) is 228 cm³/mol. The Balaban J connectivity index is 1.57. The first kappa shape index (κ1) is 42.4. The van der Waals surface area contributed by atoms with Gasteiger partial charge in [0.25, 0.3) is 0 Å². The lowest BCUT2D eigenvalue weighted by Gasteiger charge is -2.37. The smallest absolute Gasteiger partial charge is 0.341 e. The molecule has 300 valence electrons. The number of benzene rings is 2. The highest BCUT2D eigenvalue weighted by atomic mass is 16.7. The van der Waals surface area contributed by atoms with Crippen molar-refractivity contribution in [1.29, 1.82) is 0 Å². The Kier molecular flexibility index (Phi) is 11.8. The minimum Gasteiger partial charge on any atom is -0.341 e. The lowest BCUT2D eigenvalue weighted by Crippen LogP contribution is -2.61. The topological polar surface area (TPSA) is 24.5 Å². The van der Waals surface area contributed by atoms with Crippen molar-refractivity contribution in [2.75, 3.05) is 52.4 Å². The van der Waals surface area contributed by atoms with E-state index in [1.165, 1.54) is 104 Å². The lowest BCUT2D eigenvalue weighted by atomic mass is 9.78. The summed E-state index contributed by atoms with van der Waals surface area (Å²) in [6.45, 7) is 47.2. The van der Waals surface area contributed by atoms with Crippen LogP contribution in [0, 0.1) is 0 Å². The summed E-state index contributed by atoms with van der Waals surface area (Å²) < 4.78 is 21.8. The molecule has 0 aromatic heterocycles. The van der Waals surface area contributed by atoms with Gasteiger partial charge < -0.3 is 18.4 Å². The van der Waals surface area contributed by atoms with Gasteiger partial charge in [-0.15, -0.1) is 0 Å². The molecule has 5 rings (SSSR count). The van der Waals surface area contributed by atoms with E-state index in [0.29, 0.717) is 5.92 Å². The van der Waals surface area contributed by atoms with Crippen molar-refractivity contribution in [1.82, 2.24) is 0 Å². The first-order valence-corrected chi connectivity index (χ1v) is 21.8. The molecule has 1 saturated heterocycles. The number of nitrogens with zero attached hydrogens (tertiary/aromatic N) is 4. The van der Waals surface area contributed by atoms with E-state index >= 15 is 0 Å². The molecule has 1 atom stereocenters. The second-order valence-corrected chi connectivity index (χ2v) is 20.1. The number of hydrogen-bond donors (Lipinski definition) is 0. The fourth-order valence-electron chi connectivity index (χ4n) is 9.65. The normalized spacial score (nSPS) is 20.3. The number of hydrogen-bond acceptors (Lipinski definition) is 2. The van der Waals surface area contributed by atoms with Gasteiger partial charge in [-0.25, -0.2) is 0 Å². The van der Waals surface area contributed by atoms with Crippen LogP contribution in [0.5, 0.6) is 11.5 Å². The third-order valence-corrected chi connectivity index (χ3v) is 15.0. The molecule has 0 bridgehead atoms. The average Bonchev–Trinajstić information content (AvgIpc) is 3.25. The zero-order chi connectivity index (χ0) is 40.1. The maximum Gasteiger partial charge on any atom is 0.705 e.